The van der Waals surface area contributed by atoms with Crippen molar-refractivity contribution < 1.29 is 0 Å². The number of rotatable bonds is 3. The first kappa shape index (κ1) is 27.5. The van der Waals surface area contributed by atoms with Gasteiger partial charge >= 0.3 is 0 Å². The molecule has 0 unspecified atom stereocenters. The van der Waals surface area contributed by atoms with Crippen LogP contribution >= 0.6 is 11.3 Å². The van der Waals surface area contributed by atoms with Gasteiger partial charge in [-0.1, -0.05) is 92.7 Å². The molecule has 10 rings (SSSR count). The van der Waals surface area contributed by atoms with Crippen molar-refractivity contribution in [3.8, 4) is 11.1 Å². The van der Waals surface area contributed by atoms with Crippen molar-refractivity contribution in [2.45, 2.75) is 19.3 Å². The lowest BCUT2D eigenvalue weighted by atomic mass is 9.81. The molecule has 0 saturated carbocycles. The van der Waals surface area contributed by atoms with E-state index in [4.69, 9.17) is 5.73 Å². The van der Waals surface area contributed by atoms with Crippen LogP contribution in [-0.4, -0.2) is 4.57 Å². The van der Waals surface area contributed by atoms with E-state index in [-0.39, 0.29) is 5.41 Å². The number of fused-ring (bicyclic) bond motifs is 11. The number of nitrogens with zero attached hydrogens (tertiary/aromatic N) is 2. The van der Waals surface area contributed by atoms with Crippen molar-refractivity contribution in [2.24, 2.45) is 7.05 Å². The number of aryl methyl sites for hydroxylation is 1. The van der Waals surface area contributed by atoms with Crippen LogP contribution in [0.1, 0.15) is 25.0 Å². The Labute approximate surface area is 283 Å². The Balaban J connectivity index is 1.31. The standard InChI is InChI=1S/C44H33N3S/c1-44(2)32-24-26(22-23-29(32)41-28-13-5-4-12-27(28)34(45)25-33(41)44)47(38-19-11-21-40-43(38)31-15-7-9-20-39(31)48-40)37-18-10-17-36-42(37)30-14-6-8-16-35(30)46(36)3/h4-25H,45H2,1-3H3. The van der Waals surface area contributed by atoms with E-state index in [0.29, 0.717) is 0 Å². The van der Waals surface area contributed by atoms with Gasteiger partial charge in [-0.15, -0.1) is 11.3 Å². The van der Waals surface area contributed by atoms with Gasteiger partial charge in [0.05, 0.1) is 16.9 Å². The van der Waals surface area contributed by atoms with Gasteiger partial charge in [-0.25, -0.2) is 0 Å². The maximum absolute atomic E-state index is 6.69. The predicted octanol–water partition coefficient (Wildman–Crippen LogP) is 12.2. The molecule has 7 aromatic carbocycles. The molecule has 0 atom stereocenters. The van der Waals surface area contributed by atoms with E-state index in [1.54, 1.807) is 0 Å². The van der Waals surface area contributed by atoms with Gasteiger partial charge < -0.3 is 15.2 Å². The maximum Gasteiger partial charge on any atom is 0.0562 e. The highest BCUT2D eigenvalue weighted by atomic mass is 32.1. The quantitative estimate of drug-likeness (QED) is 0.196. The number of thiophene rings is 1. The molecule has 0 saturated heterocycles. The smallest absolute Gasteiger partial charge is 0.0562 e. The van der Waals surface area contributed by atoms with Crippen molar-refractivity contribution in [1.29, 1.82) is 0 Å². The highest BCUT2D eigenvalue weighted by molar-refractivity contribution is 7.26. The summed E-state index contributed by atoms with van der Waals surface area (Å²) in [4.78, 5) is 2.52. The summed E-state index contributed by atoms with van der Waals surface area (Å²) in [5.41, 5.74) is 18.5. The van der Waals surface area contributed by atoms with Crippen LogP contribution in [0.15, 0.2) is 133 Å². The highest BCUT2D eigenvalue weighted by Gasteiger charge is 2.38. The Hall–Kier alpha value is -5.58. The third-order valence-corrected chi connectivity index (χ3v) is 11.9. The number of benzene rings is 7. The third-order valence-electron chi connectivity index (χ3n) is 10.7. The summed E-state index contributed by atoms with van der Waals surface area (Å²) in [5, 5.41) is 7.43. The minimum absolute atomic E-state index is 0.225. The molecule has 0 fully saturated rings. The Morgan fingerprint density at radius 3 is 2.06 bits per heavy atom. The fourth-order valence-corrected chi connectivity index (χ4v) is 9.59. The molecule has 0 spiro atoms. The number of para-hydroxylation sites is 1. The van der Waals surface area contributed by atoms with E-state index < -0.39 is 0 Å². The van der Waals surface area contributed by atoms with Crippen LogP contribution in [-0.2, 0) is 12.5 Å². The number of anilines is 4. The van der Waals surface area contributed by atoms with E-state index in [1.165, 1.54) is 81.0 Å². The number of aromatic nitrogens is 1. The SMILES string of the molecule is Cn1c2ccccc2c2c(N(c3ccc4c(c3)C(C)(C)c3cc(N)c5ccccc5c3-4)c3cccc4sc5ccccc5c34)cccc21. The van der Waals surface area contributed by atoms with Gasteiger partial charge in [-0.05, 0) is 82.2 Å². The Bertz CT molecular complexity index is 2800. The molecule has 0 aliphatic heterocycles. The Kier molecular flexibility index (Phi) is 5.58. The second-order valence-corrected chi connectivity index (χ2v) is 14.7. The van der Waals surface area contributed by atoms with E-state index in [2.05, 4.69) is 164 Å². The molecular weight excluding hydrogens is 603 g/mol. The minimum Gasteiger partial charge on any atom is -0.398 e. The summed E-state index contributed by atoms with van der Waals surface area (Å²) in [6, 6.07) is 49.0. The lowest BCUT2D eigenvalue weighted by Gasteiger charge is -2.29. The summed E-state index contributed by atoms with van der Waals surface area (Å²) >= 11 is 1.87. The fraction of sp³-hybridized carbons (Fsp3) is 0.0909. The summed E-state index contributed by atoms with van der Waals surface area (Å²) in [6.45, 7) is 4.69. The zero-order valence-corrected chi connectivity index (χ0v) is 27.9. The molecule has 3 nitrogen and oxygen atoms in total. The van der Waals surface area contributed by atoms with Gasteiger partial charge in [0.25, 0.3) is 0 Å². The first-order valence-electron chi connectivity index (χ1n) is 16.5. The van der Waals surface area contributed by atoms with Crippen LogP contribution < -0.4 is 10.6 Å². The van der Waals surface area contributed by atoms with Crippen molar-refractivity contribution in [1.82, 2.24) is 4.57 Å². The van der Waals surface area contributed by atoms with Crippen LogP contribution in [0, 0.1) is 0 Å². The summed E-state index contributed by atoms with van der Waals surface area (Å²) in [7, 11) is 2.18. The van der Waals surface area contributed by atoms with Crippen LogP contribution in [0.3, 0.4) is 0 Å². The van der Waals surface area contributed by atoms with E-state index in [1.807, 2.05) is 11.3 Å². The van der Waals surface area contributed by atoms with Crippen LogP contribution in [0.2, 0.25) is 0 Å². The molecule has 9 aromatic rings. The average Bonchev–Trinajstić information content (AvgIpc) is 3.71. The average molecular weight is 636 g/mol. The van der Waals surface area contributed by atoms with Gasteiger partial charge in [0.2, 0.25) is 0 Å². The topological polar surface area (TPSA) is 34.2 Å². The van der Waals surface area contributed by atoms with Gasteiger partial charge in [0, 0.05) is 65.7 Å². The highest BCUT2D eigenvalue weighted by Crippen LogP contribution is 2.55. The first-order chi connectivity index (χ1) is 23.4. The van der Waals surface area contributed by atoms with Gasteiger partial charge in [-0.2, -0.15) is 0 Å². The van der Waals surface area contributed by atoms with Crippen LogP contribution in [0.25, 0.3) is 63.9 Å². The molecular formula is C44H33N3S. The van der Waals surface area contributed by atoms with Crippen LogP contribution in [0.4, 0.5) is 22.7 Å². The maximum atomic E-state index is 6.69. The first-order valence-corrected chi connectivity index (χ1v) is 17.4. The zero-order valence-electron chi connectivity index (χ0n) is 27.1. The minimum atomic E-state index is -0.225. The fourth-order valence-electron chi connectivity index (χ4n) is 8.47. The largest absolute Gasteiger partial charge is 0.398 e. The molecule has 1 aliphatic carbocycles. The Morgan fingerprint density at radius 2 is 1.23 bits per heavy atom. The van der Waals surface area contributed by atoms with Crippen molar-refractivity contribution in [3.05, 3.63) is 145 Å². The number of hydrogen-bond donors (Lipinski definition) is 1. The molecule has 1 aliphatic rings. The lowest BCUT2D eigenvalue weighted by molar-refractivity contribution is 0.661. The van der Waals surface area contributed by atoms with Gasteiger partial charge in [0.15, 0.2) is 0 Å². The summed E-state index contributed by atoms with van der Waals surface area (Å²) < 4.78 is 4.92. The number of nitrogen functional groups attached to an aromatic ring is 1. The molecule has 0 bridgehead atoms. The molecule has 0 amide bonds. The number of nitrogens with two attached hydrogens (primary N) is 1. The summed E-state index contributed by atoms with van der Waals surface area (Å²) in [6.07, 6.45) is 0. The van der Waals surface area contributed by atoms with Gasteiger partial charge in [0.1, 0.15) is 0 Å². The molecule has 4 heteroatoms. The summed E-state index contributed by atoms with van der Waals surface area (Å²) in [5.74, 6) is 0. The molecule has 48 heavy (non-hydrogen) atoms. The monoisotopic (exact) mass is 635 g/mol. The van der Waals surface area contributed by atoms with Gasteiger partial charge in [-0.3, -0.25) is 0 Å². The van der Waals surface area contributed by atoms with Crippen molar-refractivity contribution in [2.75, 3.05) is 10.6 Å². The third kappa shape index (κ3) is 3.58. The Morgan fingerprint density at radius 1 is 0.583 bits per heavy atom. The lowest BCUT2D eigenvalue weighted by Crippen LogP contribution is -2.17. The normalized spacial score (nSPS) is 13.6. The van der Waals surface area contributed by atoms with Crippen LogP contribution in [0.5, 0.6) is 0 Å². The molecule has 2 heterocycles. The second kappa shape index (κ2) is 9.72. The van der Waals surface area contributed by atoms with Crippen molar-refractivity contribution in [3.63, 3.8) is 0 Å². The molecule has 230 valence electrons. The predicted molar refractivity (Wildman–Crippen MR) is 207 cm³/mol. The second-order valence-electron chi connectivity index (χ2n) is 13.6. The number of hydrogen-bond acceptors (Lipinski definition) is 3. The van der Waals surface area contributed by atoms with Crippen molar-refractivity contribution >= 4 is 86.8 Å². The molecule has 0 radical (unpaired) electrons. The zero-order chi connectivity index (χ0) is 32.3. The van der Waals surface area contributed by atoms with E-state index in [9.17, 15) is 0 Å². The van der Waals surface area contributed by atoms with E-state index in [0.717, 1.165) is 16.8 Å². The van der Waals surface area contributed by atoms with E-state index >= 15 is 0 Å². The molecule has 2 aromatic heterocycles. The molecule has 2 N–H and O–H groups in total.